The van der Waals surface area contributed by atoms with Crippen LogP contribution in [0.4, 0.5) is 0 Å². The number of nitrogens with one attached hydrogen (secondary N) is 2. The first-order valence-electron chi connectivity index (χ1n) is 10.5. The lowest BCUT2D eigenvalue weighted by Crippen LogP contribution is -2.24. The van der Waals surface area contributed by atoms with Gasteiger partial charge >= 0.3 is 0 Å². The number of likely N-dealkylation sites (tertiary alicyclic amines) is 1. The summed E-state index contributed by atoms with van der Waals surface area (Å²) in [6.07, 6.45) is 6.48. The molecule has 1 aromatic heterocycles. The molecule has 5 heteroatoms. The standard InChI is InChI=1S/C24H26N4O/c29-24-19-9-4-10-21-23(19)20(15-25-21)22(26-27-24)14-17-8-5-12-28(13-11-17)16-18-6-2-1-3-7-18/h1-4,6-7,9-10,15,17,25H,5,8,11-14,16H2,(H,27,29). The Labute approximate surface area is 170 Å². The Morgan fingerprint density at radius 2 is 1.90 bits per heavy atom. The smallest absolute Gasteiger partial charge is 0.272 e. The molecule has 3 heterocycles. The number of aromatic amines is 1. The Kier molecular flexibility index (Phi) is 4.90. The summed E-state index contributed by atoms with van der Waals surface area (Å²) in [5.41, 5.74) is 7.91. The molecule has 29 heavy (non-hydrogen) atoms. The van der Waals surface area contributed by atoms with Crippen LogP contribution in [0.15, 0.2) is 59.8 Å². The summed E-state index contributed by atoms with van der Waals surface area (Å²) in [6.45, 7) is 3.28. The van der Waals surface area contributed by atoms with Gasteiger partial charge in [-0.3, -0.25) is 9.69 Å². The molecule has 1 fully saturated rings. The van der Waals surface area contributed by atoms with Gasteiger partial charge in [-0.1, -0.05) is 36.4 Å². The van der Waals surface area contributed by atoms with E-state index in [9.17, 15) is 4.79 Å². The highest BCUT2D eigenvalue weighted by molar-refractivity contribution is 6.19. The Morgan fingerprint density at radius 1 is 1.00 bits per heavy atom. The molecule has 1 atom stereocenters. The van der Waals surface area contributed by atoms with E-state index in [1.165, 1.54) is 18.4 Å². The molecule has 2 aromatic carbocycles. The highest BCUT2D eigenvalue weighted by atomic mass is 16.2. The van der Waals surface area contributed by atoms with Crippen molar-refractivity contribution in [1.29, 1.82) is 0 Å². The van der Waals surface area contributed by atoms with Crippen molar-refractivity contribution in [2.75, 3.05) is 13.1 Å². The molecule has 5 rings (SSSR count). The monoisotopic (exact) mass is 386 g/mol. The summed E-state index contributed by atoms with van der Waals surface area (Å²) in [6, 6.07) is 16.5. The second kappa shape index (κ2) is 7.84. The lowest BCUT2D eigenvalue weighted by molar-refractivity contribution is 0.0957. The van der Waals surface area contributed by atoms with E-state index in [4.69, 9.17) is 0 Å². The van der Waals surface area contributed by atoms with Gasteiger partial charge in [-0.25, -0.2) is 5.43 Å². The van der Waals surface area contributed by atoms with Gasteiger partial charge in [0, 0.05) is 29.2 Å². The van der Waals surface area contributed by atoms with Gasteiger partial charge in [-0.05, 0) is 62.4 Å². The van der Waals surface area contributed by atoms with Crippen LogP contribution in [0.3, 0.4) is 0 Å². The van der Waals surface area contributed by atoms with E-state index in [2.05, 4.69) is 50.7 Å². The molecule has 3 aromatic rings. The maximum atomic E-state index is 12.5. The second-order valence-corrected chi connectivity index (χ2v) is 8.19. The Balaban J connectivity index is 1.31. The number of carbonyl (C=O) groups is 1. The van der Waals surface area contributed by atoms with Gasteiger partial charge < -0.3 is 4.98 Å². The molecule has 2 aliphatic heterocycles. The lowest BCUT2D eigenvalue weighted by atomic mass is 9.91. The van der Waals surface area contributed by atoms with Gasteiger partial charge in [0.25, 0.3) is 5.91 Å². The van der Waals surface area contributed by atoms with Gasteiger partial charge in [0.15, 0.2) is 0 Å². The van der Waals surface area contributed by atoms with E-state index in [0.29, 0.717) is 11.5 Å². The van der Waals surface area contributed by atoms with Crippen molar-refractivity contribution in [3.63, 3.8) is 0 Å². The molecule has 2 N–H and O–H groups in total. The fourth-order valence-corrected chi connectivity index (χ4v) is 4.70. The van der Waals surface area contributed by atoms with Crippen LogP contribution in [0, 0.1) is 5.92 Å². The zero-order valence-electron chi connectivity index (χ0n) is 16.5. The van der Waals surface area contributed by atoms with Gasteiger partial charge in [0.05, 0.1) is 11.3 Å². The minimum atomic E-state index is -0.124. The first kappa shape index (κ1) is 18.1. The number of rotatable bonds is 4. The lowest BCUT2D eigenvalue weighted by Gasteiger charge is -2.20. The van der Waals surface area contributed by atoms with Crippen molar-refractivity contribution < 1.29 is 4.79 Å². The van der Waals surface area contributed by atoms with Crippen LogP contribution >= 0.6 is 0 Å². The van der Waals surface area contributed by atoms with E-state index >= 15 is 0 Å². The first-order valence-corrected chi connectivity index (χ1v) is 10.5. The highest BCUT2D eigenvalue weighted by Crippen LogP contribution is 2.29. The third-order valence-corrected chi connectivity index (χ3v) is 6.23. The molecule has 0 saturated carbocycles. The normalized spacial score (nSPS) is 20.1. The van der Waals surface area contributed by atoms with Crippen molar-refractivity contribution in [3.05, 3.63) is 71.4 Å². The number of aromatic nitrogens is 1. The Bertz CT molecular complexity index is 1050. The molecule has 2 aliphatic rings. The van der Waals surface area contributed by atoms with Crippen LogP contribution in [-0.2, 0) is 6.54 Å². The minimum absolute atomic E-state index is 0.124. The van der Waals surface area contributed by atoms with E-state index < -0.39 is 0 Å². The maximum Gasteiger partial charge on any atom is 0.272 e. The maximum absolute atomic E-state index is 12.5. The van der Waals surface area contributed by atoms with Crippen LogP contribution in [-0.4, -0.2) is 34.6 Å². The SMILES string of the molecule is O=C1NN=C(CC2CCCN(Cc3ccccc3)CC2)c2c[nH]c3cccc1c23. The third kappa shape index (κ3) is 3.70. The number of H-pyrrole nitrogens is 1. The predicted molar refractivity (Wildman–Crippen MR) is 116 cm³/mol. The van der Waals surface area contributed by atoms with Gasteiger partial charge in [0.2, 0.25) is 0 Å². The average molecular weight is 386 g/mol. The molecule has 5 nitrogen and oxygen atoms in total. The molecule has 1 amide bonds. The average Bonchev–Trinajstić information content (AvgIpc) is 2.99. The predicted octanol–water partition coefficient (Wildman–Crippen LogP) is 4.31. The van der Waals surface area contributed by atoms with Crippen molar-refractivity contribution in [1.82, 2.24) is 15.3 Å². The zero-order valence-corrected chi connectivity index (χ0v) is 16.5. The van der Waals surface area contributed by atoms with Crippen molar-refractivity contribution in [2.45, 2.75) is 32.2 Å². The molecule has 0 aliphatic carbocycles. The minimum Gasteiger partial charge on any atom is -0.360 e. The van der Waals surface area contributed by atoms with E-state index in [-0.39, 0.29) is 5.91 Å². The molecule has 148 valence electrons. The summed E-state index contributed by atoms with van der Waals surface area (Å²) in [7, 11) is 0. The number of hydrogen-bond acceptors (Lipinski definition) is 3. The van der Waals surface area contributed by atoms with E-state index in [1.54, 1.807) is 0 Å². The van der Waals surface area contributed by atoms with Crippen LogP contribution in [0.2, 0.25) is 0 Å². The largest absolute Gasteiger partial charge is 0.360 e. The second-order valence-electron chi connectivity index (χ2n) is 8.19. The third-order valence-electron chi connectivity index (χ3n) is 6.23. The molecule has 1 unspecified atom stereocenters. The Morgan fingerprint density at radius 3 is 2.79 bits per heavy atom. The number of hydrazone groups is 1. The number of nitrogens with zero attached hydrogens (tertiary/aromatic N) is 2. The summed E-state index contributed by atoms with van der Waals surface area (Å²) in [4.78, 5) is 18.3. The number of amides is 1. The highest BCUT2D eigenvalue weighted by Gasteiger charge is 2.25. The van der Waals surface area contributed by atoms with Crippen LogP contribution < -0.4 is 5.43 Å². The van der Waals surface area contributed by atoms with Crippen molar-refractivity contribution in [3.8, 4) is 0 Å². The van der Waals surface area contributed by atoms with Crippen LogP contribution in [0.1, 0.15) is 47.2 Å². The quantitative estimate of drug-likeness (QED) is 0.702. The fraction of sp³-hybridized carbons (Fsp3) is 0.333. The summed E-state index contributed by atoms with van der Waals surface area (Å²) in [5, 5.41) is 5.51. The summed E-state index contributed by atoms with van der Waals surface area (Å²) >= 11 is 0. The van der Waals surface area contributed by atoms with Gasteiger partial charge in [-0.15, -0.1) is 0 Å². The van der Waals surface area contributed by atoms with E-state index in [0.717, 1.165) is 54.7 Å². The number of benzene rings is 2. The topological polar surface area (TPSA) is 60.5 Å². The molecule has 0 spiro atoms. The molecule has 0 radical (unpaired) electrons. The first-order chi connectivity index (χ1) is 14.3. The van der Waals surface area contributed by atoms with Gasteiger partial charge in [0.1, 0.15) is 0 Å². The van der Waals surface area contributed by atoms with Gasteiger partial charge in [-0.2, -0.15) is 5.10 Å². The van der Waals surface area contributed by atoms with E-state index in [1.807, 2.05) is 24.4 Å². The number of carbonyl (C=O) groups excluding carboxylic acids is 1. The van der Waals surface area contributed by atoms with Crippen molar-refractivity contribution >= 4 is 22.5 Å². The summed E-state index contributed by atoms with van der Waals surface area (Å²) in [5.74, 6) is 0.461. The Hall–Kier alpha value is -2.92. The zero-order chi connectivity index (χ0) is 19.6. The number of hydrogen-bond donors (Lipinski definition) is 2. The molecule has 1 saturated heterocycles. The molecular formula is C24H26N4O. The molecule has 0 bridgehead atoms. The van der Waals surface area contributed by atoms with Crippen LogP contribution in [0.5, 0.6) is 0 Å². The molecular weight excluding hydrogens is 360 g/mol. The van der Waals surface area contributed by atoms with Crippen molar-refractivity contribution in [2.24, 2.45) is 11.0 Å². The van der Waals surface area contributed by atoms with Crippen LogP contribution in [0.25, 0.3) is 10.9 Å². The fourth-order valence-electron chi connectivity index (χ4n) is 4.70. The summed E-state index contributed by atoms with van der Waals surface area (Å²) < 4.78 is 0.